The van der Waals surface area contributed by atoms with Crippen molar-refractivity contribution in [1.29, 1.82) is 0 Å². The Morgan fingerprint density at radius 3 is 2.90 bits per heavy atom. The van der Waals surface area contributed by atoms with Crippen molar-refractivity contribution < 1.29 is 19.4 Å². The number of hydrogen-bond donors (Lipinski definition) is 2. The van der Waals surface area contributed by atoms with Crippen LogP contribution in [0.4, 0.5) is 0 Å². The summed E-state index contributed by atoms with van der Waals surface area (Å²) in [4.78, 5) is 28.8. The van der Waals surface area contributed by atoms with Gasteiger partial charge in [-0.15, -0.1) is 5.10 Å². The SMILES string of the molecule is CCSC1=NN2C(=c3cc(Br)ccc3=NC2c2ccccc2OCC(=O)O)C(=O)N1. The normalized spacial score (nSPS) is 17.3. The van der Waals surface area contributed by atoms with Crippen molar-refractivity contribution in [3.8, 4) is 5.75 Å². The second-order valence-corrected chi connectivity index (χ2v) is 8.54. The standard InChI is InChI=1S/C20H17BrN4O4S/c1-2-30-20-23-19(28)17-13-9-11(21)7-8-14(13)22-18(25(17)24-20)12-5-3-4-6-15(12)29-10-16(26)27/h3-9,18H,2,10H2,1H3,(H,26,27)(H,23,24,28). The number of carbonyl (C=O) groups excluding carboxylic acids is 1. The molecule has 30 heavy (non-hydrogen) atoms. The van der Waals surface area contributed by atoms with Crippen molar-refractivity contribution in [3.63, 3.8) is 0 Å². The van der Waals surface area contributed by atoms with Gasteiger partial charge in [-0.05, 0) is 30.0 Å². The van der Waals surface area contributed by atoms with Crippen molar-refractivity contribution in [3.05, 3.63) is 63.1 Å². The summed E-state index contributed by atoms with van der Waals surface area (Å²) < 4.78 is 6.30. The molecule has 2 N–H and O–H groups in total. The van der Waals surface area contributed by atoms with Gasteiger partial charge in [-0.2, -0.15) is 0 Å². The maximum absolute atomic E-state index is 13.0. The summed E-state index contributed by atoms with van der Waals surface area (Å²) in [6, 6.07) is 12.5. The average molecular weight is 489 g/mol. The Bertz CT molecular complexity index is 1180. The van der Waals surface area contributed by atoms with Gasteiger partial charge in [-0.25, -0.2) is 9.80 Å². The van der Waals surface area contributed by atoms with Crippen LogP contribution in [0.2, 0.25) is 0 Å². The molecule has 154 valence electrons. The first-order valence-electron chi connectivity index (χ1n) is 9.11. The number of nitrogens with one attached hydrogen (secondary N) is 1. The number of carboxylic acids is 1. The minimum Gasteiger partial charge on any atom is -0.481 e. The molecule has 1 unspecified atom stereocenters. The fourth-order valence-corrected chi connectivity index (χ4v) is 4.17. The number of nitrogens with zero attached hydrogens (tertiary/aromatic N) is 3. The third-order valence-electron chi connectivity index (χ3n) is 4.40. The summed E-state index contributed by atoms with van der Waals surface area (Å²) in [5, 5.41) is 19.8. The lowest BCUT2D eigenvalue weighted by atomic mass is 10.1. The number of thioether (sulfide) groups is 1. The van der Waals surface area contributed by atoms with Crippen molar-refractivity contribution in [1.82, 2.24) is 10.3 Å². The molecule has 0 bridgehead atoms. The predicted octanol–water partition coefficient (Wildman–Crippen LogP) is 1.81. The lowest BCUT2D eigenvalue weighted by Gasteiger charge is -2.34. The molecule has 2 heterocycles. The van der Waals surface area contributed by atoms with E-state index in [9.17, 15) is 9.59 Å². The Hall–Kier alpha value is -2.85. The lowest BCUT2D eigenvalue weighted by molar-refractivity contribution is -0.139. The molecule has 0 radical (unpaired) electrons. The van der Waals surface area contributed by atoms with E-state index in [1.807, 2.05) is 31.2 Å². The maximum atomic E-state index is 13.0. The Morgan fingerprint density at radius 1 is 1.33 bits per heavy atom. The van der Waals surface area contributed by atoms with Gasteiger partial charge in [0.15, 0.2) is 17.9 Å². The van der Waals surface area contributed by atoms with Crippen LogP contribution in [-0.4, -0.2) is 39.5 Å². The summed E-state index contributed by atoms with van der Waals surface area (Å²) in [6.07, 6.45) is -0.683. The third kappa shape index (κ3) is 3.92. The number of carboxylic acid groups (broad SMARTS) is 1. The fourth-order valence-electron chi connectivity index (χ4n) is 3.22. The van der Waals surface area contributed by atoms with E-state index in [0.717, 1.165) is 10.2 Å². The molecular weight excluding hydrogens is 472 g/mol. The number of halogens is 1. The number of amides is 1. The van der Waals surface area contributed by atoms with Gasteiger partial charge >= 0.3 is 5.97 Å². The van der Waals surface area contributed by atoms with Gasteiger partial charge in [0.25, 0.3) is 5.91 Å². The molecule has 1 atom stereocenters. The van der Waals surface area contributed by atoms with E-state index in [1.54, 1.807) is 23.2 Å². The Balaban J connectivity index is 1.91. The van der Waals surface area contributed by atoms with Crippen LogP contribution in [-0.2, 0) is 9.59 Å². The molecule has 10 heteroatoms. The number of aliphatic carboxylic acids is 1. The minimum absolute atomic E-state index is 0.274. The summed E-state index contributed by atoms with van der Waals surface area (Å²) in [7, 11) is 0. The van der Waals surface area contributed by atoms with Gasteiger partial charge in [-0.1, -0.05) is 52.8 Å². The van der Waals surface area contributed by atoms with Gasteiger partial charge in [-0.3, -0.25) is 15.1 Å². The monoisotopic (exact) mass is 488 g/mol. The molecular formula is C20H17BrN4O4S. The topological polar surface area (TPSA) is 104 Å². The smallest absolute Gasteiger partial charge is 0.341 e. The highest BCUT2D eigenvalue weighted by Gasteiger charge is 2.35. The van der Waals surface area contributed by atoms with Crippen LogP contribution in [0, 0.1) is 0 Å². The molecule has 2 aliphatic rings. The van der Waals surface area contributed by atoms with Crippen LogP contribution in [0.15, 0.2) is 57.0 Å². The molecule has 0 saturated carbocycles. The molecule has 2 aromatic rings. The molecule has 0 aromatic heterocycles. The molecule has 0 spiro atoms. The second kappa shape index (κ2) is 8.49. The number of ether oxygens (including phenoxy) is 1. The van der Waals surface area contributed by atoms with Crippen LogP contribution in [0.5, 0.6) is 5.75 Å². The highest BCUT2D eigenvalue weighted by atomic mass is 79.9. The van der Waals surface area contributed by atoms with E-state index in [1.165, 1.54) is 11.8 Å². The number of amidine groups is 1. The van der Waals surface area contributed by atoms with Gasteiger partial charge in [0, 0.05) is 15.3 Å². The first-order valence-corrected chi connectivity index (χ1v) is 10.9. The number of para-hydroxylation sites is 1. The molecule has 0 fully saturated rings. The molecule has 8 nitrogen and oxygen atoms in total. The van der Waals surface area contributed by atoms with Gasteiger partial charge in [0.1, 0.15) is 11.4 Å². The molecule has 4 rings (SSSR count). The van der Waals surface area contributed by atoms with Gasteiger partial charge in [0.05, 0.1) is 5.36 Å². The summed E-state index contributed by atoms with van der Waals surface area (Å²) in [5.74, 6) is -0.238. The highest BCUT2D eigenvalue weighted by molar-refractivity contribution is 9.10. The lowest BCUT2D eigenvalue weighted by Crippen LogP contribution is -2.50. The molecule has 2 aromatic carbocycles. The Morgan fingerprint density at radius 2 is 2.13 bits per heavy atom. The molecule has 1 amide bonds. The van der Waals surface area contributed by atoms with Crippen molar-refractivity contribution >= 4 is 50.4 Å². The number of hydrogen-bond acceptors (Lipinski definition) is 7. The summed E-state index contributed by atoms with van der Waals surface area (Å²) >= 11 is 4.86. The van der Waals surface area contributed by atoms with E-state index in [4.69, 9.17) is 14.8 Å². The summed E-state index contributed by atoms with van der Waals surface area (Å²) in [6.45, 7) is 1.49. The van der Waals surface area contributed by atoms with Crippen molar-refractivity contribution in [2.24, 2.45) is 10.1 Å². The molecule has 0 aliphatic carbocycles. The van der Waals surface area contributed by atoms with E-state index in [0.29, 0.717) is 32.8 Å². The first-order chi connectivity index (χ1) is 14.5. The zero-order chi connectivity index (χ0) is 21.3. The fraction of sp³-hybridized carbons (Fsp3) is 0.200. The van der Waals surface area contributed by atoms with Crippen molar-refractivity contribution in [2.45, 2.75) is 13.1 Å². The number of benzene rings is 2. The zero-order valence-electron chi connectivity index (χ0n) is 15.8. The highest BCUT2D eigenvalue weighted by Crippen LogP contribution is 2.35. The number of fused-ring (bicyclic) bond motifs is 2. The van der Waals surface area contributed by atoms with E-state index in [2.05, 4.69) is 26.3 Å². The Labute approximate surface area is 184 Å². The van der Waals surface area contributed by atoms with Gasteiger partial charge in [0.2, 0.25) is 0 Å². The second-order valence-electron chi connectivity index (χ2n) is 6.37. The van der Waals surface area contributed by atoms with Gasteiger partial charge < -0.3 is 9.84 Å². The first kappa shape index (κ1) is 20.4. The van der Waals surface area contributed by atoms with Crippen LogP contribution in [0.25, 0.3) is 5.70 Å². The zero-order valence-corrected chi connectivity index (χ0v) is 18.2. The van der Waals surface area contributed by atoms with Crippen LogP contribution >= 0.6 is 27.7 Å². The quantitative estimate of drug-likeness (QED) is 0.664. The molecule has 2 aliphatic heterocycles. The largest absolute Gasteiger partial charge is 0.481 e. The number of rotatable bonds is 5. The average Bonchev–Trinajstić information content (AvgIpc) is 2.72. The number of hydrazone groups is 1. The predicted molar refractivity (Wildman–Crippen MR) is 116 cm³/mol. The van der Waals surface area contributed by atoms with E-state index in [-0.39, 0.29) is 5.91 Å². The molecule has 0 saturated heterocycles. The van der Waals surface area contributed by atoms with Crippen LogP contribution in [0.3, 0.4) is 0 Å². The van der Waals surface area contributed by atoms with E-state index >= 15 is 0 Å². The van der Waals surface area contributed by atoms with E-state index < -0.39 is 18.7 Å². The maximum Gasteiger partial charge on any atom is 0.341 e. The number of carbonyl (C=O) groups is 2. The van der Waals surface area contributed by atoms with Crippen LogP contribution < -0.4 is 20.6 Å². The van der Waals surface area contributed by atoms with Crippen molar-refractivity contribution in [2.75, 3.05) is 12.4 Å². The van der Waals surface area contributed by atoms with Crippen LogP contribution in [0.1, 0.15) is 18.7 Å². The third-order valence-corrected chi connectivity index (χ3v) is 5.64. The summed E-state index contributed by atoms with van der Waals surface area (Å²) in [5.41, 5.74) is 0.990. The Kier molecular flexibility index (Phi) is 5.78. The minimum atomic E-state index is -1.08.